The van der Waals surface area contributed by atoms with Crippen LogP contribution in [0.1, 0.15) is 0 Å². The third-order valence-electron chi connectivity index (χ3n) is 1.30. The molecule has 0 aromatic rings. The van der Waals surface area contributed by atoms with Gasteiger partial charge in [0.2, 0.25) is 0 Å². The van der Waals surface area contributed by atoms with Gasteiger partial charge in [-0.05, 0) is 0 Å². The molecule has 1 unspecified atom stereocenters. The van der Waals surface area contributed by atoms with Crippen molar-refractivity contribution in [1.82, 2.24) is 0 Å². The van der Waals surface area contributed by atoms with E-state index in [4.69, 9.17) is 20.9 Å². The summed E-state index contributed by atoms with van der Waals surface area (Å²) in [5, 5.41) is 11.3. The lowest BCUT2D eigenvalue weighted by Gasteiger charge is -2.20. The van der Waals surface area contributed by atoms with E-state index in [1.165, 1.54) is 0 Å². The van der Waals surface area contributed by atoms with Crippen molar-refractivity contribution in [2.75, 3.05) is 18.3 Å². The van der Waals surface area contributed by atoms with E-state index in [0.717, 1.165) is 0 Å². The van der Waals surface area contributed by atoms with Crippen LogP contribution in [0.25, 0.3) is 0 Å². The fourth-order valence-corrected chi connectivity index (χ4v) is 2.30. The summed E-state index contributed by atoms with van der Waals surface area (Å²) >= 11 is 0. The van der Waals surface area contributed by atoms with Gasteiger partial charge in [0.05, 0.1) is 18.6 Å². The third kappa shape index (κ3) is 2.08. The highest BCUT2D eigenvalue weighted by Gasteiger charge is 2.28. The molecular formula is C4H13N3O2S. The highest BCUT2D eigenvalue weighted by atomic mass is 32.3. The minimum absolute atomic E-state index is 0.00463. The largest absolute Gasteiger partial charge is 0.363 e. The van der Waals surface area contributed by atoms with Gasteiger partial charge >= 0.3 is 0 Å². The lowest BCUT2D eigenvalue weighted by atomic mass is 10.4. The highest BCUT2D eigenvalue weighted by molar-refractivity contribution is 8.30. The molecule has 5 nitrogen and oxygen atoms in total. The second kappa shape index (κ2) is 3.04. The van der Waals surface area contributed by atoms with E-state index in [1.54, 1.807) is 0 Å². The van der Waals surface area contributed by atoms with Crippen LogP contribution < -0.4 is 16.2 Å². The molecule has 0 saturated carbocycles. The second-order valence-electron chi connectivity index (χ2n) is 2.41. The number of hydrogen-bond donors (Lipinski definition) is 3. The van der Waals surface area contributed by atoms with Crippen molar-refractivity contribution in [3.8, 4) is 0 Å². The minimum Gasteiger partial charge on any atom is -0.363 e. The Hall–Kier alpha value is 0.150. The predicted octanol–water partition coefficient (Wildman–Crippen LogP) is -1.21. The van der Waals surface area contributed by atoms with Crippen molar-refractivity contribution in [3.05, 3.63) is 0 Å². The molecule has 10 heavy (non-hydrogen) atoms. The van der Waals surface area contributed by atoms with Gasteiger partial charge < -0.3 is 9.57 Å². The Balaban J connectivity index is 2.29. The van der Waals surface area contributed by atoms with Crippen molar-refractivity contribution >= 4 is 10.4 Å². The average Bonchev–Trinajstić information content (AvgIpc) is 2.12. The molecule has 1 heterocycles. The van der Waals surface area contributed by atoms with Crippen LogP contribution >= 0.6 is 10.4 Å². The summed E-state index contributed by atoms with van der Waals surface area (Å²) in [5.41, 5.74) is 0. The SMILES string of the molecule is NOCC1CS(N)(N)CO1. The van der Waals surface area contributed by atoms with Crippen LogP contribution in [0.4, 0.5) is 0 Å². The summed E-state index contributed by atoms with van der Waals surface area (Å²) in [7, 11) is -1.48. The maximum Gasteiger partial charge on any atom is 0.0998 e. The third-order valence-corrected chi connectivity index (χ3v) is 2.87. The average molecular weight is 167 g/mol. The Kier molecular flexibility index (Phi) is 2.50. The summed E-state index contributed by atoms with van der Waals surface area (Å²) < 4.78 is 5.19. The summed E-state index contributed by atoms with van der Waals surface area (Å²) in [6.45, 7) is 0.378. The van der Waals surface area contributed by atoms with Gasteiger partial charge in [0.15, 0.2) is 0 Å². The number of nitrogens with two attached hydrogens (primary N) is 3. The van der Waals surface area contributed by atoms with E-state index in [-0.39, 0.29) is 6.10 Å². The molecule has 62 valence electrons. The monoisotopic (exact) mass is 167 g/mol. The summed E-state index contributed by atoms with van der Waals surface area (Å²) in [4.78, 5) is 4.40. The topological polar surface area (TPSA) is 96.5 Å². The molecule has 0 aromatic carbocycles. The molecule has 0 aliphatic carbocycles. The van der Waals surface area contributed by atoms with Gasteiger partial charge in [-0.25, -0.2) is 5.90 Å². The maximum absolute atomic E-state index is 5.64. The lowest BCUT2D eigenvalue weighted by molar-refractivity contribution is 0.0229. The van der Waals surface area contributed by atoms with Gasteiger partial charge in [-0.15, -0.1) is 10.4 Å². The number of ether oxygens (including phenoxy) is 1. The lowest BCUT2D eigenvalue weighted by Crippen LogP contribution is -2.26. The Morgan fingerprint density at radius 1 is 1.60 bits per heavy atom. The van der Waals surface area contributed by atoms with Crippen LogP contribution in [-0.2, 0) is 9.57 Å². The zero-order chi connectivity index (χ0) is 7.61. The van der Waals surface area contributed by atoms with E-state index < -0.39 is 10.4 Å². The van der Waals surface area contributed by atoms with E-state index in [1.807, 2.05) is 0 Å². The standard InChI is InChI=1S/C4H13N3O2S/c5-9-1-4-2-10(6,7)3-8-4/h4H,1-3,5-7H2. The molecule has 0 spiro atoms. The van der Waals surface area contributed by atoms with E-state index in [0.29, 0.717) is 18.3 Å². The Morgan fingerprint density at radius 3 is 2.70 bits per heavy atom. The molecule has 0 amide bonds. The molecule has 1 aliphatic heterocycles. The van der Waals surface area contributed by atoms with Crippen LogP contribution in [0.2, 0.25) is 0 Å². The van der Waals surface area contributed by atoms with Crippen LogP contribution in [-0.4, -0.2) is 24.4 Å². The fourth-order valence-electron chi connectivity index (χ4n) is 0.869. The minimum atomic E-state index is -1.48. The molecule has 1 aliphatic rings. The summed E-state index contributed by atoms with van der Waals surface area (Å²) in [5.74, 6) is 5.99. The molecule has 6 N–H and O–H groups in total. The molecule has 1 atom stereocenters. The fraction of sp³-hybridized carbons (Fsp3) is 1.00. The van der Waals surface area contributed by atoms with Gasteiger partial charge in [-0.3, -0.25) is 10.3 Å². The van der Waals surface area contributed by atoms with Gasteiger partial charge in [-0.2, -0.15) is 0 Å². The van der Waals surface area contributed by atoms with Gasteiger partial charge in [0.1, 0.15) is 0 Å². The quantitative estimate of drug-likeness (QED) is 0.448. The zero-order valence-corrected chi connectivity index (χ0v) is 6.47. The second-order valence-corrected chi connectivity index (χ2v) is 5.00. The van der Waals surface area contributed by atoms with E-state index in [9.17, 15) is 0 Å². The van der Waals surface area contributed by atoms with Gasteiger partial charge in [0, 0.05) is 5.75 Å². The smallest absolute Gasteiger partial charge is 0.0998 e. The first kappa shape index (κ1) is 8.25. The Labute approximate surface area is 61.4 Å². The van der Waals surface area contributed by atoms with Crippen molar-refractivity contribution in [2.24, 2.45) is 16.2 Å². The molecule has 0 radical (unpaired) electrons. The highest BCUT2D eigenvalue weighted by Crippen LogP contribution is 2.37. The van der Waals surface area contributed by atoms with Crippen LogP contribution in [0.3, 0.4) is 0 Å². The van der Waals surface area contributed by atoms with Gasteiger partial charge in [0.25, 0.3) is 0 Å². The van der Waals surface area contributed by atoms with Crippen LogP contribution in [0, 0.1) is 0 Å². The van der Waals surface area contributed by atoms with Crippen molar-refractivity contribution in [2.45, 2.75) is 6.10 Å². The van der Waals surface area contributed by atoms with E-state index in [2.05, 4.69) is 4.84 Å². The van der Waals surface area contributed by atoms with Crippen LogP contribution in [0.15, 0.2) is 0 Å². The van der Waals surface area contributed by atoms with Crippen LogP contribution in [0.5, 0.6) is 0 Å². The molecule has 0 aromatic heterocycles. The maximum atomic E-state index is 5.64. The number of rotatable bonds is 2. The Bertz CT molecular complexity index is 121. The Morgan fingerprint density at radius 2 is 2.30 bits per heavy atom. The first-order valence-corrected chi connectivity index (χ1v) is 5.01. The van der Waals surface area contributed by atoms with Crippen molar-refractivity contribution in [3.63, 3.8) is 0 Å². The van der Waals surface area contributed by atoms with E-state index >= 15 is 0 Å². The molecule has 1 fully saturated rings. The summed E-state index contributed by atoms with van der Waals surface area (Å²) in [6, 6.07) is 0. The zero-order valence-electron chi connectivity index (χ0n) is 5.66. The molecule has 1 saturated heterocycles. The summed E-state index contributed by atoms with van der Waals surface area (Å²) in [6.07, 6.45) is -0.00463. The molecule has 0 bridgehead atoms. The number of hydrogen-bond acceptors (Lipinski definition) is 5. The molecule has 6 heteroatoms. The normalized spacial score (nSPS) is 34.1. The predicted molar refractivity (Wildman–Crippen MR) is 40.7 cm³/mol. The van der Waals surface area contributed by atoms with Crippen molar-refractivity contribution < 1.29 is 9.57 Å². The molecular weight excluding hydrogens is 154 g/mol. The first-order valence-electron chi connectivity index (χ1n) is 2.91. The first-order chi connectivity index (χ1) is 4.64. The van der Waals surface area contributed by atoms with Gasteiger partial charge in [-0.1, -0.05) is 0 Å². The van der Waals surface area contributed by atoms with Crippen molar-refractivity contribution in [1.29, 1.82) is 0 Å². The molecule has 1 rings (SSSR count).